The number of nitrogens with zero attached hydrogens (tertiary/aromatic N) is 2. The lowest BCUT2D eigenvalue weighted by molar-refractivity contribution is -0.139. The Labute approximate surface area is 113 Å². The summed E-state index contributed by atoms with van der Waals surface area (Å²) < 4.78 is 0. The van der Waals surface area contributed by atoms with Gasteiger partial charge in [-0.15, -0.1) is 0 Å². The molecule has 1 saturated heterocycles. The molecule has 0 aromatic rings. The molecule has 0 aromatic carbocycles. The van der Waals surface area contributed by atoms with E-state index in [-0.39, 0.29) is 0 Å². The molecule has 0 radical (unpaired) electrons. The van der Waals surface area contributed by atoms with Gasteiger partial charge in [-0.2, -0.15) is 0 Å². The van der Waals surface area contributed by atoms with Crippen molar-refractivity contribution in [3.05, 3.63) is 0 Å². The highest BCUT2D eigenvalue weighted by atomic mass is 16.2. The molecule has 106 valence electrons. The molecule has 0 aromatic heterocycles. The van der Waals surface area contributed by atoms with Crippen molar-refractivity contribution in [1.29, 1.82) is 0 Å². The van der Waals surface area contributed by atoms with Crippen molar-refractivity contribution in [1.82, 2.24) is 10.2 Å². The summed E-state index contributed by atoms with van der Waals surface area (Å²) in [6.07, 6.45) is 3.88. The summed E-state index contributed by atoms with van der Waals surface area (Å²) in [6, 6.07) is -0.619. The monoisotopic (exact) mass is 267 g/mol. The highest BCUT2D eigenvalue weighted by Crippen LogP contribution is 2.14. The molecule has 1 aliphatic heterocycles. The standard InChI is InChI=1S/C13H21N3O3/c1-4-5-6-7-8-16-12(18)10(9(2)14-3)11(17)15-13(16)19/h10H,4-8H2,1-3H3,(H,15,17,19)/t10-/m0/s1. The second kappa shape index (κ2) is 7.01. The van der Waals surface area contributed by atoms with Crippen LogP contribution in [0.2, 0.25) is 0 Å². The predicted octanol–water partition coefficient (Wildman–Crippen LogP) is 1.35. The van der Waals surface area contributed by atoms with Crippen molar-refractivity contribution in [2.45, 2.75) is 39.5 Å². The third-order valence-electron chi connectivity index (χ3n) is 3.26. The number of amides is 4. The quantitative estimate of drug-likeness (QED) is 0.448. The van der Waals surface area contributed by atoms with Gasteiger partial charge in [0.25, 0.3) is 0 Å². The van der Waals surface area contributed by atoms with Gasteiger partial charge in [-0.3, -0.25) is 24.8 Å². The normalized spacial score (nSPS) is 20.8. The third-order valence-corrected chi connectivity index (χ3v) is 3.26. The zero-order valence-corrected chi connectivity index (χ0v) is 11.7. The van der Waals surface area contributed by atoms with Gasteiger partial charge in [-0.1, -0.05) is 26.2 Å². The predicted molar refractivity (Wildman–Crippen MR) is 71.9 cm³/mol. The van der Waals surface area contributed by atoms with Crippen molar-refractivity contribution >= 4 is 23.6 Å². The Bertz CT molecular complexity index is 404. The van der Waals surface area contributed by atoms with E-state index in [9.17, 15) is 14.4 Å². The number of barbiturate groups is 1. The van der Waals surface area contributed by atoms with Gasteiger partial charge in [0.1, 0.15) is 0 Å². The molecule has 19 heavy (non-hydrogen) atoms. The molecule has 0 spiro atoms. The highest BCUT2D eigenvalue weighted by molar-refractivity contribution is 6.27. The van der Waals surface area contributed by atoms with Crippen LogP contribution in [0, 0.1) is 5.92 Å². The van der Waals surface area contributed by atoms with Crippen LogP contribution in [-0.2, 0) is 9.59 Å². The first-order chi connectivity index (χ1) is 9.02. The average Bonchev–Trinajstić information content (AvgIpc) is 2.37. The molecule has 1 atom stereocenters. The van der Waals surface area contributed by atoms with Gasteiger partial charge in [0.15, 0.2) is 5.92 Å². The first-order valence-electron chi connectivity index (χ1n) is 6.62. The van der Waals surface area contributed by atoms with Crippen LogP contribution in [0.15, 0.2) is 4.99 Å². The fourth-order valence-electron chi connectivity index (χ4n) is 2.02. The van der Waals surface area contributed by atoms with E-state index >= 15 is 0 Å². The summed E-state index contributed by atoms with van der Waals surface area (Å²) in [6.45, 7) is 4.06. The maximum absolute atomic E-state index is 12.2. The van der Waals surface area contributed by atoms with Gasteiger partial charge >= 0.3 is 6.03 Å². The molecule has 1 N–H and O–H groups in total. The molecule has 6 nitrogen and oxygen atoms in total. The minimum Gasteiger partial charge on any atom is -0.296 e. The second-order valence-electron chi connectivity index (χ2n) is 4.64. The Morgan fingerprint density at radius 2 is 1.95 bits per heavy atom. The van der Waals surface area contributed by atoms with Crippen LogP contribution in [0.25, 0.3) is 0 Å². The first-order valence-corrected chi connectivity index (χ1v) is 6.62. The Hall–Kier alpha value is -1.72. The second-order valence-corrected chi connectivity index (χ2v) is 4.64. The Morgan fingerprint density at radius 1 is 1.26 bits per heavy atom. The molecule has 6 heteroatoms. The maximum atomic E-state index is 12.2. The molecule has 1 fully saturated rings. The van der Waals surface area contributed by atoms with Crippen molar-refractivity contribution in [2.75, 3.05) is 13.6 Å². The van der Waals surface area contributed by atoms with Crippen LogP contribution in [0.3, 0.4) is 0 Å². The van der Waals surface area contributed by atoms with Gasteiger partial charge in [0, 0.05) is 19.3 Å². The number of imide groups is 2. The van der Waals surface area contributed by atoms with Crippen LogP contribution < -0.4 is 5.32 Å². The molecule has 0 bridgehead atoms. The minimum atomic E-state index is -0.964. The first kappa shape index (κ1) is 15.3. The highest BCUT2D eigenvalue weighted by Gasteiger charge is 2.41. The molecule has 1 rings (SSSR count). The van der Waals surface area contributed by atoms with E-state index in [0.29, 0.717) is 12.3 Å². The summed E-state index contributed by atoms with van der Waals surface area (Å²) in [5.74, 6) is -2.01. The number of hydrogen-bond acceptors (Lipinski definition) is 4. The molecular formula is C13H21N3O3. The molecule has 0 aliphatic carbocycles. The van der Waals surface area contributed by atoms with E-state index in [1.165, 1.54) is 7.05 Å². The van der Waals surface area contributed by atoms with Gasteiger partial charge in [0.2, 0.25) is 11.8 Å². The van der Waals surface area contributed by atoms with Crippen molar-refractivity contribution in [2.24, 2.45) is 10.9 Å². The fraction of sp³-hybridized carbons (Fsp3) is 0.692. The van der Waals surface area contributed by atoms with E-state index in [2.05, 4.69) is 17.2 Å². The molecule has 1 aliphatic rings. The largest absolute Gasteiger partial charge is 0.330 e. The molecular weight excluding hydrogens is 246 g/mol. The summed E-state index contributed by atoms with van der Waals surface area (Å²) >= 11 is 0. The zero-order valence-electron chi connectivity index (χ0n) is 11.7. The number of rotatable bonds is 6. The number of urea groups is 1. The van der Waals surface area contributed by atoms with Crippen LogP contribution in [0.4, 0.5) is 4.79 Å². The van der Waals surface area contributed by atoms with Crippen LogP contribution in [-0.4, -0.2) is 42.0 Å². The Morgan fingerprint density at radius 3 is 2.53 bits per heavy atom. The van der Waals surface area contributed by atoms with E-state index < -0.39 is 23.8 Å². The van der Waals surface area contributed by atoms with E-state index in [1.54, 1.807) is 6.92 Å². The van der Waals surface area contributed by atoms with Crippen molar-refractivity contribution < 1.29 is 14.4 Å². The number of aliphatic imine (C=N–C) groups is 1. The van der Waals surface area contributed by atoms with Gasteiger partial charge in [-0.25, -0.2) is 4.79 Å². The fourth-order valence-corrected chi connectivity index (χ4v) is 2.02. The number of carbonyl (C=O) groups is 3. The topological polar surface area (TPSA) is 78.8 Å². The van der Waals surface area contributed by atoms with Gasteiger partial charge in [0.05, 0.1) is 0 Å². The Balaban J connectivity index is 2.72. The molecule has 4 amide bonds. The van der Waals surface area contributed by atoms with E-state index in [0.717, 1.165) is 30.6 Å². The molecule has 1 heterocycles. The van der Waals surface area contributed by atoms with Crippen LogP contribution >= 0.6 is 0 Å². The summed E-state index contributed by atoms with van der Waals surface area (Å²) in [4.78, 5) is 40.5. The molecule has 0 saturated carbocycles. The maximum Gasteiger partial charge on any atom is 0.330 e. The molecule has 0 unspecified atom stereocenters. The Kier molecular flexibility index (Phi) is 5.66. The smallest absolute Gasteiger partial charge is 0.296 e. The SMILES string of the molecule is CCCCCCN1C(=O)NC(=O)[C@H](C(C)=NC)C1=O. The lowest BCUT2D eigenvalue weighted by atomic mass is 9.99. The zero-order chi connectivity index (χ0) is 14.4. The lowest BCUT2D eigenvalue weighted by Gasteiger charge is -2.30. The lowest BCUT2D eigenvalue weighted by Crippen LogP contribution is -2.59. The average molecular weight is 267 g/mol. The number of hydrogen-bond donors (Lipinski definition) is 1. The van der Waals surface area contributed by atoms with Crippen molar-refractivity contribution in [3.63, 3.8) is 0 Å². The summed E-state index contributed by atoms with van der Waals surface area (Å²) in [5.41, 5.74) is 0.425. The summed E-state index contributed by atoms with van der Waals surface area (Å²) in [5, 5.41) is 2.21. The van der Waals surface area contributed by atoms with Gasteiger partial charge in [-0.05, 0) is 13.3 Å². The van der Waals surface area contributed by atoms with E-state index in [4.69, 9.17) is 0 Å². The van der Waals surface area contributed by atoms with Crippen LogP contribution in [0.1, 0.15) is 39.5 Å². The number of carbonyl (C=O) groups excluding carboxylic acids is 3. The van der Waals surface area contributed by atoms with E-state index in [1.807, 2.05) is 0 Å². The van der Waals surface area contributed by atoms with Gasteiger partial charge < -0.3 is 0 Å². The minimum absolute atomic E-state index is 0.353. The van der Waals surface area contributed by atoms with Crippen molar-refractivity contribution in [3.8, 4) is 0 Å². The number of unbranched alkanes of at least 4 members (excludes halogenated alkanes) is 3. The number of nitrogens with one attached hydrogen (secondary N) is 1. The third kappa shape index (κ3) is 3.62. The van der Waals surface area contributed by atoms with Crippen LogP contribution in [0.5, 0.6) is 0 Å². The summed E-state index contributed by atoms with van der Waals surface area (Å²) in [7, 11) is 1.53.